The molecule has 1 aromatic heterocycles. The van der Waals surface area contributed by atoms with Crippen LogP contribution in [0.3, 0.4) is 0 Å². The standard InChI is InChI=1S/C25H38N6O3S/c1-18-8-9-20(19(2)16-18)17-34-23-21(22(26)32)24(35-29-23)28-25(33)27-10-6-4-5-7-11-31-14-12-30(3)13-15-31/h8-9,16H,4-7,10-15,17H2,1-3H3,(H2,26,32)(H2,27,28,33). The number of nitrogens with two attached hydrogens (primary N) is 1. The first kappa shape index (κ1) is 26.9. The number of primary amides is 1. The van der Waals surface area contributed by atoms with Crippen molar-refractivity contribution in [1.29, 1.82) is 0 Å². The van der Waals surface area contributed by atoms with Crippen molar-refractivity contribution in [3.05, 3.63) is 40.5 Å². The monoisotopic (exact) mass is 502 g/mol. The van der Waals surface area contributed by atoms with Crippen molar-refractivity contribution in [2.75, 3.05) is 51.6 Å². The largest absolute Gasteiger partial charge is 0.472 e. The average Bonchev–Trinajstić information content (AvgIpc) is 3.21. The van der Waals surface area contributed by atoms with E-state index in [1.165, 1.54) is 12.0 Å². The molecule has 2 heterocycles. The molecule has 4 N–H and O–H groups in total. The van der Waals surface area contributed by atoms with Crippen LogP contribution >= 0.6 is 11.5 Å². The lowest BCUT2D eigenvalue weighted by atomic mass is 10.1. The lowest BCUT2D eigenvalue weighted by Crippen LogP contribution is -2.44. The number of anilines is 1. The molecular weight excluding hydrogens is 464 g/mol. The maximum Gasteiger partial charge on any atom is 0.319 e. The van der Waals surface area contributed by atoms with Crippen LogP contribution in [0.25, 0.3) is 0 Å². The number of benzene rings is 1. The zero-order chi connectivity index (χ0) is 25.2. The number of aromatic nitrogens is 1. The van der Waals surface area contributed by atoms with Crippen molar-refractivity contribution >= 4 is 28.5 Å². The summed E-state index contributed by atoms with van der Waals surface area (Å²) >= 11 is 0.983. The van der Waals surface area contributed by atoms with Crippen LogP contribution in [0, 0.1) is 13.8 Å². The lowest BCUT2D eigenvalue weighted by Gasteiger charge is -2.32. The molecule has 9 nitrogen and oxygen atoms in total. The Morgan fingerprint density at radius 3 is 2.57 bits per heavy atom. The molecule has 2 aromatic rings. The number of carbonyl (C=O) groups excluding carboxylic acids is 2. The zero-order valence-electron chi connectivity index (χ0n) is 21.1. The molecule has 0 radical (unpaired) electrons. The van der Waals surface area contributed by atoms with Crippen LogP contribution in [0.1, 0.15) is 52.7 Å². The molecule has 3 amide bonds. The van der Waals surface area contributed by atoms with E-state index < -0.39 is 5.91 Å². The third-order valence-corrected chi connectivity index (χ3v) is 7.03. The Morgan fingerprint density at radius 2 is 1.86 bits per heavy atom. The minimum absolute atomic E-state index is 0.0961. The smallest absolute Gasteiger partial charge is 0.319 e. The van der Waals surface area contributed by atoms with E-state index >= 15 is 0 Å². The molecular formula is C25H38N6O3S. The third kappa shape index (κ3) is 8.48. The first-order valence-corrected chi connectivity index (χ1v) is 13.0. The van der Waals surface area contributed by atoms with E-state index in [1.54, 1.807) is 0 Å². The van der Waals surface area contributed by atoms with Crippen molar-refractivity contribution in [2.24, 2.45) is 5.73 Å². The van der Waals surface area contributed by atoms with Crippen molar-refractivity contribution in [3.63, 3.8) is 0 Å². The first-order chi connectivity index (χ1) is 16.8. The van der Waals surface area contributed by atoms with E-state index in [4.69, 9.17) is 10.5 Å². The van der Waals surface area contributed by atoms with E-state index in [0.717, 1.165) is 74.6 Å². The second-order valence-electron chi connectivity index (χ2n) is 9.21. The number of ether oxygens (including phenoxy) is 1. The number of likely N-dealkylation sites (N-methyl/N-ethyl adjacent to an activating group) is 1. The summed E-state index contributed by atoms with van der Waals surface area (Å²) in [6.07, 6.45) is 4.31. The Kier molecular flexibility index (Phi) is 10.3. The fraction of sp³-hybridized carbons (Fsp3) is 0.560. The molecule has 1 saturated heterocycles. The minimum atomic E-state index is -0.690. The van der Waals surface area contributed by atoms with Crippen molar-refractivity contribution < 1.29 is 14.3 Å². The van der Waals surface area contributed by atoms with Gasteiger partial charge in [0.05, 0.1) is 0 Å². The van der Waals surface area contributed by atoms with Gasteiger partial charge in [0.15, 0.2) is 0 Å². The van der Waals surface area contributed by atoms with Gasteiger partial charge in [0, 0.05) is 32.7 Å². The van der Waals surface area contributed by atoms with Gasteiger partial charge < -0.3 is 25.6 Å². The van der Waals surface area contributed by atoms with E-state index in [2.05, 4.69) is 37.9 Å². The number of rotatable bonds is 12. The summed E-state index contributed by atoms with van der Waals surface area (Å²) < 4.78 is 9.97. The number of unbranched alkanes of at least 4 members (excludes halogenated alkanes) is 3. The van der Waals surface area contributed by atoms with Crippen molar-refractivity contribution in [1.82, 2.24) is 19.5 Å². The van der Waals surface area contributed by atoms with Gasteiger partial charge in [0.1, 0.15) is 17.2 Å². The van der Waals surface area contributed by atoms with E-state index in [1.807, 2.05) is 26.0 Å². The summed E-state index contributed by atoms with van der Waals surface area (Å²) in [6, 6.07) is 5.68. The molecule has 1 aliphatic rings. The highest BCUT2D eigenvalue weighted by Gasteiger charge is 2.22. The quantitative estimate of drug-likeness (QED) is 0.384. The molecule has 192 valence electrons. The topological polar surface area (TPSA) is 113 Å². The molecule has 0 aliphatic carbocycles. The predicted molar refractivity (Wildman–Crippen MR) is 140 cm³/mol. The second-order valence-corrected chi connectivity index (χ2v) is 9.99. The van der Waals surface area contributed by atoms with Gasteiger partial charge in [-0.05, 0) is 62.9 Å². The lowest BCUT2D eigenvalue weighted by molar-refractivity contribution is 0.0996. The van der Waals surface area contributed by atoms with Crippen LogP contribution in [-0.2, 0) is 6.61 Å². The maximum atomic E-state index is 12.3. The van der Waals surface area contributed by atoms with Crippen LogP contribution in [0.2, 0.25) is 0 Å². The minimum Gasteiger partial charge on any atom is -0.472 e. The van der Waals surface area contributed by atoms with Crippen molar-refractivity contribution in [2.45, 2.75) is 46.1 Å². The SMILES string of the molecule is Cc1ccc(COc2nsc(NC(=O)NCCCCCCN3CCN(C)CC3)c2C(N)=O)c(C)c1. The molecule has 0 saturated carbocycles. The van der Waals surface area contributed by atoms with E-state index in [-0.39, 0.29) is 29.1 Å². The average molecular weight is 503 g/mol. The van der Waals surface area contributed by atoms with Gasteiger partial charge in [-0.3, -0.25) is 10.1 Å². The van der Waals surface area contributed by atoms with E-state index in [0.29, 0.717) is 6.54 Å². The number of aryl methyl sites for hydroxylation is 2. The molecule has 0 bridgehead atoms. The fourth-order valence-electron chi connectivity index (χ4n) is 4.07. The summed E-state index contributed by atoms with van der Waals surface area (Å²) in [5.41, 5.74) is 8.91. The van der Waals surface area contributed by atoms with Crippen LogP contribution in [0.5, 0.6) is 5.88 Å². The Balaban J connectivity index is 1.37. The Morgan fingerprint density at radius 1 is 1.11 bits per heavy atom. The predicted octanol–water partition coefficient (Wildman–Crippen LogP) is 3.37. The number of hydrogen-bond acceptors (Lipinski definition) is 7. The number of urea groups is 1. The van der Waals surface area contributed by atoms with Crippen LogP contribution in [0.4, 0.5) is 9.80 Å². The van der Waals surface area contributed by atoms with Gasteiger partial charge >= 0.3 is 6.03 Å². The van der Waals surface area contributed by atoms with Gasteiger partial charge in [-0.1, -0.05) is 36.6 Å². The molecule has 1 fully saturated rings. The van der Waals surface area contributed by atoms with Gasteiger partial charge in [0.2, 0.25) is 5.88 Å². The van der Waals surface area contributed by atoms with Gasteiger partial charge in [-0.15, -0.1) is 0 Å². The number of carbonyl (C=O) groups is 2. The summed E-state index contributed by atoms with van der Waals surface area (Å²) in [7, 11) is 2.17. The number of amides is 3. The van der Waals surface area contributed by atoms with Gasteiger partial charge in [0.25, 0.3) is 5.91 Å². The number of piperazine rings is 1. The molecule has 0 unspecified atom stereocenters. The zero-order valence-corrected chi connectivity index (χ0v) is 21.9. The second kappa shape index (κ2) is 13.4. The number of hydrogen-bond donors (Lipinski definition) is 3. The van der Waals surface area contributed by atoms with Crippen LogP contribution in [0.15, 0.2) is 18.2 Å². The molecule has 3 rings (SSSR count). The highest BCUT2D eigenvalue weighted by atomic mass is 32.1. The summed E-state index contributed by atoms with van der Waals surface area (Å²) in [5, 5.41) is 5.82. The van der Waals surface area contributed by atoms with Crippen LogP contribution < -0.4 is 21.1 Å². The highest BCUT2D eigenvalue weighted by molar-refractivity contribution is 7.11. The maximum absolute atomic E-state index is 12.3. The molecule has 1 aromatic carbocycles. The fourth-order valence-corrected chi connectivity index (χ4v) is 4.80. The van der Waals surface area contributed by atoms with Gasteiger partial charge in [-0.25, -0.2) is 4.79 Å². The Bertz CT molecular complexity index is 988. The molecule has 0 atom stereocenters. The van der Waals surface area contributed by atoms with Crippen molar-refractivity contribution in [3.8, 4) is 5.88 Å². The Labute approximate surface area is 212 Å². The van der Waals surface area contributed by atoms with E-state index in [9.17, 15) is 9.59 Å². The molecule has 1 aliphatic heterocycles. The normalized spacial score (nSPS) is 14.6. The molecule has 35 heavy (non-hydrogen) atoms. The molecule has 10 heteroatoms. The third-order valence-electron chi connectivity index (χ3n) is 6.28. The molecule has 0 spiro atoms. The van der Waals surface area contributed by atoms with Gasteiger partial charge in [-0.2, -0.15) is 4.37 Å². The summed E-state index contributed by atoms with van der Waals surface area (Å²) in [5.74, 6) is -0.553. The number of nitrogens with one attached hydrogen (secondary N) is 2. The summed E-state index contributed by atoms with van der Waals surface area (Å²) in [4.78, 5) is 29.2. The summed E-state index contributed by atoms with van der Waals surface area (Å²) in [6.45, 7) is 10.6. The Hall–Kier alpha value is -2.69. The first-order valence-electron chi connectivity index (χ1n) is 12.3. The number of nitrogens with zero attached hydrogens (tertiary/aromatic N) is 3. The van der Waals surface area contributed by atoms with Crippen LogP contribution in [-0.4, -0.2) is 72.4 Å². The highest BCUT2D eigenvalue weighted by Crippen LogP contribution is 2.31.